The number of rotatable bonds is 7. The van der Waals surface area contributed by atoms with E-state index in [0.29, 0.717) is 17.5 Å². The summed E-state index contributed by atoms with van der Waals surface area (Å²) in [5, 5.41) is 2.35. The maximum atomic E-state index is 5.12. The molecule has 62 heavy (non-hydrogen) atoms. The molecule has 0 N–H and O–H groups in total. The van der Waals surface area contributed by atoms with E-state index in [1.807, 2.05) is 36.4 Å². The number of nitrogens with zero attached hydrogens (tertiary/aromatic N) is 3. The van der Waals surface area contributed by atoms with Gasteiger partial charge in [0.2, 0.25) is 0 Å². The largest absolute Gasteiger partial charge is 0.208 e. The van der Waals surface area contributed by atoms with Crippen LogP contribution in [0.5, 0.6) is 0 Å². The fourth-order valence-corrected chi connectivity index (χ4v) is 10.8. The third-order valence-corrected chi connectivity index (χ3v) is 13.6. The molecule has 0 unspecified atom stereocenters. The first kappa shape index (κ1) is 36.1. The second-order valence-corrected chi connectivity index (χ2v) is 16.9. The normalized spacial score (nSPS) is 12.6. The molecule has 0 fully saturated rings. The van der Waals surface area contributed by atoms with E-state index >= 15 is 0 Å². The molecule has 290 valence electrons. The number of aromatic nitrogens is 3. The van der Waals surface area contributed by atoms with Crippen LogP contribution in [0, 0.1) is 0 Å². The van der Waals surface area contributed by atoms with Crippen molar-refractivity contribution in [3.63, 3.8) is 0 Å². The van der Waals surface area contributed by atoms with Gasteiger partial charge in [0, 0.05) is 36.9 Å². The Labute approximate surface area is 364 Å². The van der Waals surface area contributed by atoms with Gasteiger partial charge in [-0.1, -0.05) is 206 Å². The second-order valence-electron chi connectivity index (χ2n) is 15.9. The van der Waals surface area contributed by atoms with Crippen molar-refractivity contribution in [1.82, 2.24) is 15.0 Å². The van der Waals surface area contributed by atoms with Crippen LogP contribution in [-0.4, -0.2) is 15.0 Å². The van der Waals surface area contributed by atoms with Gasteiger partial charge in [-0.2, -0.15) is 0 Å². The lowest BCUT2D eigenvalue weighted by Crippen LogP contribution is -2.29. The smallest absolute Gasteiger partial charge is 0.164 e. The highest BCUT2D eigenvalue weighted by Crippen LogP contribution is 2.58. The molecule has 0 bridgehead atoms. The number of benzene rings is 9. The molecule has 0 aliphatic heterocycles. The van der Waals surface area contributed by atoms with E-state index in [9.17, 15) is 0 Å². The maximum Gasteiger partial charge on any atom is 0.164 e. The Morgan fingerprint density at radius 2 is 0.823 bits per heavy atom. The van der Waals surface area contributed by atoms with E-state index in [-0.39, 0.29) is 0 Å². The third-order valence-electron chi connectivity index (χ3n) is 12.4. The summed E-state index contributed by atoms with van der Waals surface area (Å²) in [5.74, 6) is 1.98. The van der Waals surface area contributed by atoms with E-state index < -0.39 is 5.41 Å². The highest BCUT2D eigenvalue weighted by Gasteiger charge is 2.47. The predicted molar refractivity (Wildman–Crippen MR) is 257 cm³/mol. The molecule has 0 saturated carbocycles. The first-order valence-corrected chi connectivity index (χ1v) is 21.8. The van der Waals surface area contributed by atoms with Crippen LogP contribution in [0.4, 0.5) is 0 Å². The molecule has 2 heterocycles. The molecule has 11 aromatic rings. The predicted octanol–water partition coefficient (Wildman–Crippen LogP) is 14.9. The SMILES string of the molecule is c1ccc(-c2nc(-c3ccccc3)nc(-c3cccc4sc5ccc(-c6ccc(-c7cccc8c7C(c7ccccc7)(c7ccccc7)c7ccccc7-8)cc6)cc5c34)n2)cc1. The van der Waals surface area contributed by atoms with Gasteiger partial charge in [0.15, 0.2) is 17.5 Å². The van der Waals surface area contributed by atoms with Crippen LogP contribution in [0.2, 0.25) is 0 Å². The summed E-state index contributed by atoms with van der Waals surface area (Å²) in [6.07, 6.45) is 0. The Morgan fingerprint density at radius 1 is 0.323 bits per heavy atom. The quantitative estimate of drug-likeness (QED) is 0.161. The summed E-state index contributed by atoms with van der Waals surface area (Å²) in [7, 11) is 0. The molecule has 0 spiro atoms. The van der Waals surface area contributed by atoms with E-state index in [1.165, 1.54) is 64.9 Å². The van der Waals surface area contributed by atoms with Gasteiger partial charge in [-0.05, 0) is 73.8 Å². The van der Waals surface area contributed by atoms with E-state index in [1.54, 1.807) is 11.3 Å². The van der Waals surface area contributed by atoms with Gasteiger partial charge in [0.25, 0.3) is 0 Å². The standard InChI is InChI=1S/C58H37N3S/c1-5-17-40(18-6-1)55-59-56(41-19-7-2-8-20-41)61-57(60-55)48-28-16-30-52-53(48)49-37-42(35-36-51(49)62-52)38-31-33-39(34-32-38)45-26-15-27-47-46-25-13-14-29-50(46)58(54(45)47,43-21-9-3-10-22-43)44-23-11-4-12-24-44/h1-37H. The molecule has 4 heteroatoms. The first-order valence-electron chi connectivity index (χ1n) is 21.0. The molecule has 3 nitrogen and oxygen atoms in total. The van der Waals surface area contributed by atoms with Gasteiger partial charge in [-0.15, -0.1) is 11.3 Å². The molecule has 12 rings (SSSR count). The van der Waals surface area contributed by atoms with Crippen molar-refractivity contribution in [3.8, 4) is 67.5 Å². The van der Waals surface area contributed by atoms with E-state index in [4.69, 9.17) is 15.0 Å². The summed E-state index contributed by atoms with van der Waals surface area (Å²) in [6, 6.07) is 80.7. The molecule has 0 atom stereocenters. The molecule has 0 amide bonds. The average molecular weight is 808 g/mol. The molecular weight excluding hydrogens is 771 g/mol. The second kappa shape index (κ2) is 14.7. The highest BCUT2D eigenvalue weighted by atomic mass is 32.1. The zero-order valence-corrected chi connectivity index (χ0v) is 34.4. The Balaban J connectivity index is 0.988. The zero-order chi connectivity index (χ0) is 41.0. The fraction of sp³-hybridized carbons (Fsp3) is 0.0172. The minimum absolute atomic E-state index is 0.477. The molecule has 1 aliphatic carbocycles. The van der Waals surface area contributed by atoms with Gasteiger partial charge < -0.3 is 0 Å². The molecule has 0 radical (unpaired) electrons. The van der Waals surface area contributed by atoms with Crippen LogP contribution < -0.4 is 0 Å². The van der Waals surface area contributed by atoms with Crippen LogP contribution in [0.15, 0.2) is 224 Å². The lowest BCUT2D eigenvalue weighted by Gasteiger charge is -2.35. The van der Waals surface area contributed by atoms with Gasteiger partial charge in [-0.25, -0.2) is 15.0 Å². The first-order chi connectivity index (χ1) is 30.7. The number of fused-ring (bicyclic) bond motifs is 6. The van der Waals surface area contributed by atoms with Gasteiger partial charge in [0.05, 0.1) is 5.41 Å². The molecule has 1 aliphatic rings. The number of hydrogen-bond donors (Lipinski definition) is 0. The summed E-state index contributed by atoms with van der Waals surface area (Å²) >= 11 is 1.81. The van der Waals surface area contributed by atoms with Crippen LogP contribution in [-0.2, 0) is 5.41 Å². The van der Waals surface area contributed by atoms with Crippen LogP contribution in [0.3, 0.4) is 0 Å². The number of thiophene rings is 1. The van der Waals surface area contributed by atoms with Gasteiger partial charge >= 0.3 is 0 Å². The van der Waals surface area contributed by atoms with Crippen molar-refractivity contribution in [1.29, 1.82) is 0 Å². The van der Waals surface area contributed by atoms with E-state index in [2.05, 4.69) is 188 Å². The van der Waals surface area contributed by atoms with Crippen molar-refractivity contribution in [2.24, 2.45) is 0 Å². The van der Waals surface area contributed by atoms with Crippen LogP contribution in [0.25, 0.3) is 87.7 Å². The van der Waals surface area contributed by atoms with E-state index in [0.717, 1.165) is 27.6 Å². The summed E-state index contributed by atoms with van der Waals surface area (Å²) < 4.78 is 2.43. The van der Waals surface area contributed by atoms with Crippen LogP contribution in [0.1, 0.15) is 22.3 Å². The Bertz CT molecular complexity index is 3340. The van der Waals surface area contributed by atoms with Crippen molar-refractivity contribution in [2.75, 3.05) is 0 Å². The highest BCUT2D eigenvalue weighted by molar-refractivity contribution is 7.26. The fourth-order valence-electron chi connectivity index (χ4n) is 9.71. The maximum absolute atomic E-state index is 5.12. The minimum Gasteiger partial charge on any atom is -0.208 e. The Hall–Kier alpha value is -7.79. The summed E-state index contributed by atoms with van der Waals surface area (Å²) in [5.41, 5.74) is 14.9. The monoisotopic (exact) mass is 807 g/mol. The molecule has 0 saturated heterocycles. The zero-order valence-electron chi connectivity index (χ0n) is 33.6. The summed E-state index contributed by atoms with van der Waals surface area (Å²) in [6.45, 7) is 0. The van der Waals surface area contributed by atoms with Crippen molar-refractivity contribution in [2.45, 2.75) is 5.41 Å². The third kappa shape index (κ3) is 5.76. The van der Waals surface area contributed by atoms with Crippen molar-refractivity contribution >= 4 is 31.5 Å². The number of hydrogen-bond acceptors (Lipinski definition) is 4. The van der Waals surface area contributed by atoms with Crippen molar-refractivity contribution < 1.29 is 0 Å². The van der Waals surface area contributed by atoms with Crippen LogP contribution >= 0.6 is 11.3 Å². The summed E-state index contributed by atoms with van der Waals surface area (Å²) in [4.78, 5) is 15.2. The average Bonchev–Trinajstić information content (AvgIpc) is 3.89. The Morgan fingerprint density at radius 3 is 1.48 bits per heavy atom. The van der Waals surface area contributed by atoms with Gasteiger partial charge in [0.1, 0.15) is 0 Å². The molecule has 9 aromatic carbocycles. The van der Waals surface area contributed by atoms with Gasteiger partial charge in [-0.3, -0.25) is 0 Å². The lowest BCUT2D eigenvalue weighted by atomic mass is 9.66. The minimum atomic E-state index is -0.477. The van der Waals surface area contributed by atoms with Crippen molar-refractivity contribution in [3.05, 3.63) is 247 Å². The lowest BCUT2D eigenvalue weighted by molar-refractivity contribution is 0.770. The molecular formula is C58H37N3S. The Kier molecular flexibility index (Phi) is 8.58. The topological polar surface area (TPSA) is 38.7 Å². The molecule has 2 aromatic heterocycles.